The summed E-state index contributed by atoms with van der Waals surface area (Å²) in [4.78, 5) is 22.0. The minimum Gasteiger partial charge on any atom is -0.465 e. The van der Waals surface area contributed by atoms with Crippen LogP contribution < -0.4 is 9.80 Å². The van der Waals surface area contributed by atoms with Crippen molar-refractivity contribution in [1.29, 1.82) is 0 Å². The number of thiazole rings is 1. The van der Waals surface area contributed by atoms with Gasteiger partial charge in [-0.05, 0) is 38.1 Å². The van der Waals surface area contributed by atoms with Crippen LogP contribution in [0.5, 0.6) is 0 Å². The fourth-order valence-electron chi connectivity index (χ4n) is 5.24. The van der Waals surface area contributed by atoms with E-state index >= 15 is 0 Å². The van der Waals surface area contributed by atoms with Crippen LogP contribution in [0.15, 0.2) is 54.6 Å². The van der Waals surface area contributed by atoms with Crippen molar-refractivity contribution in [3.8, 4) is 11.3 Å². The van der Waals surface area contributed by atoms with Gasteiger partial charge in [0.25, 0.3) is 0 Å². The van der Waals surface area contributed by atoms with Gasteiger partial charge in [-0.2, -0.15) is 0 Å². The van der Waals surface area contributed by atoms with Crippen LogP contribution in [-0.2, 0) is 14.9 Å². The number of esters is 1. The molecule has 6 nitrogen and oxygen atoms in total. The summed E-state index contributed by atoms with van der Waals surface area (Å²) in [5.41, 5.74) is 5.01. The van der Waals surface area contributed by atoms with E-state index in [9.17, 15) is 4.79 Å². The van der Waals surface area contributed by atoms with Gasteiger partial charge in [0.2, 0.25) is 0 Å². The Labute approximate surface area is 210 Å². The summed E-state index contributed by atoms with van der Waals surface area (Å²) in [7, 11) is 3.62. The molecule has 1 saturated heterocycles. The highest BCUT2D eigenvalue weighted by atomic mass is 32.1. The number of ether oxygens (including phenoxy) is 2. The van der Waals surface area contributed by atoms with Gasteiger partial charge in [-0.3, -0.25) is 4.90 Å². The van der Waals surface area contributed by atoms with E-state index in [1.807, 2.05) is 18.2 Å². The average molecular weight is 491 g/mol. The lowest BCUT2D eigenvalue weighted by Gasteiger charge is -2.26. The van der Waals surface area contributed by atoms with Crippen LogP contribution in [0.1, 0.15) is 34.6 Å². The number of rotatable bonds is 5. The van der Waals surface area contributed by atoms with Gasteiger partial charge in [0, 0.05) is 30.3 Å². The second kappa shape index (κ2) is 9.57. The zero-order chi connectivity index (χ0) is 24.6. The molecule has 0 aliphatic carbocycles. The maximum absolute atomic E-state index is 12.1. The summed E-state index contributed by atoms with van der Waals surface area (Å²) in [6.07, 6.45) is 4.56. The van der Waals surface area contributed by atoms with Crippen molar-refractivity contribution in [3.05, 3.63) is 70.6 Å². The number of morpholine rings is 1. The number of anilines is 1. The normalized spacial score (nSPS) is 21.3. The predicted octanol–water partition coefficient (Wildman–Crippen LogP) is 3.95. The van der Waals surface area contributed by atoms with Crippen molar-refractivity contribution in [2.24, 2.45) is 0 Å². The number of benzene rings is 2. The number of nitrogens with zero attached hydrogens (tertiary/aromatic N) is 2. The van der Waals surface area contributed by atoms with E-state index in [0.717, 1.165) is 47.6 Å². The summed E-state index contributed by atoms with van der Waals surface area (Å²) >= 11 is 1.74. The summed E-state index contributed by atoms with van der Waals surface area (Å²) in [5.74, 6) is -0.298. The molecule has 1 fully saturated rings. The Morgan fingerprint density at radius 3 is 2.66 bits per heavy atom. The quantitative estimate of drug-likeness (QED) is 0.549. The average Bonchev–Trinajstić information content (AvgIpc) is 3.40. The highest BCUT2D eigenvalue weighted by Gasteiger charge is 2.46. The van der Waals surface area contributed by atoms with Crippen LogP contribution in [0.4, 0.5) is 10.8 Å². The van der Waals surface area contributed by atoms with E-state index in [2.05, 4.69) is 68.3 Å². The molecule has 2 aromatic carbocycles. The molecular weight excluding hydrogens is 458 g/mol. The Morgan fingerprint density at radius 1 is 1.20 bits per heavy atom. The predicted molar refractivity (Wildman–Crippen MR) is 141 cm³/mol. The molecule has 1 N–H and O–H groups in total. The molecule has 0 spiro atoms. The molecule has 0 saturated carbocycles. The first kappa shape index (κ1) is 23.7. The van der Waals surface area contributed by atoms with E-state index in [1.54, 1.807) is 11.3 Å². The fourth-order valence-corrected chi connectivity index (χ4v) is 6.29. The topological polar surface area (TPSA) is 56.1 Å². The van der Waals surface area contributed by atoms with Crippen LogP contribution in [0.2, 0.25) is 0 Å². The van der Waals surface area contributed by atoms with Crippen LogP contribution >= 0.6 is 11.3 Å². The number of hydrogen-bond acceptors (Lipinski definition) is 6. The van der Waals surface area contributed by atoms with Crippen LogP contribution in [0, 0.1) is 0 Å². The van der Waals surface area contributed by atoms with Gasteiger partial charge >= 0.3 is 5.97 Å². The van der Waals surface area contributed by atoms with Crippen LogP contribution in [0.25, 0.3) is 17.3 Å². The summed E-state index contributed by atoms with van der Waals surface area (Å²) in [6, 6.07) is 16.5. The lowest BCUT2D eigenvalue weighted by Crippen LogP contribution is -3.07. The SMILES string of the molecule is COC(=O)c1ccc2c(c1)C(C)(C)C(/C=C/c1sc(N3CCOCC3)nc1-c1ccccc1)[NH+]2C. The standard InChI is InChI=1S/C28H31N3O3S/c1-28(2)21-18-20(26(32)33-4)10-11-22(21)30(3)24(28)13-12-23-25(19-8-6-5-7-9-19)29-27(35-23)31-14-16-34-17-15-31/h5-13,18,24H,14-17H2,1-4H3/p+1/b13-12+. The van der Waals surface area contributed by atoms with Gasteiger partial charge in [-0.15, -0.1) is 0 Å². The number of aromatic nitrogens is 1. The Kier molecular flexibility index (Phi) is 6.49. The molecule has 3 aromatic rings. The summed E-state index contributed by atoms with van der Waals surface area (Å²) in [5, 5.41) is 1.05. The molecular formula is C28H32N3O3S+. The second-order valence-electron chi connectivity index (χ2n) is 9.67. The molecule has 35 heavy (non-hydrogen) atoms. The third-order valence-corrected chi connectivity index (χ3v) is 8.30. The van der Waals surface area contributed by atoms with E-state index in [4.69, 9.17) is 14.5 Å². The molecule has 7 heteroatoms. The number of methoxy groups -OCH3 is 1. The lowest BCUT2D eigenvalue weighted by atomic mass is 9.80. The van der Waals surface area contributed by atoms with Gasteiger partial charge in [0.15, 0.2) is 5.13 Å². The first-order chi connectivity index (χ1) is 16.9. The summed E-state index contributed by atoms with van der Waals surface area (Å²) in [6.45, 7) is 7.71. The van der Waals surface area contributed by atoms with E-state index in [0.29, 0.717) is 5.56 Å². The van der Waals surface area contributed by atoms with Crippen molar-refractivity contribution in [2.75, 3.05) is 45.4 Å². The third-order valence-electron chi connectivity index (χ3n) is 7.21. The number of quaternary nitrogens is 1. The number of hydrogen-bond donors (Lipinski definition) is 1. The van der Waals surface area contributed by atoms with Crippen molar-refractivity contribution in [3.63, 3.8) is 0 Å². The second-order valence-corrected chi connectivity index (χ2v) is 10.7. The number of carbonyl (C=O) groups excluding carboxylic acids is 1. The smallest absolute Gasteiger partial charge is 0.337 e. The number of carbonyl (C=O) groups is 1. The van der Waals surface area contributed by atoms with Gasteiger partial charge in [0.1, 0.15) is 11.7 Å². The van der Waals surface area contributed by atoms with Gasteiger partial charge in [-0.25, -0.2) is 9.78 Å². The first-order valence-corrected chi connectivity index (χ1v) is 12.9. The molecule has 0 radical (unpaired) electrons. The highest BCUT2D eigenvalue weighted by Crippen LogP contribution is 2.39. The van der Waals surface area contributed by atoms with E-state index < -0.39 is 0 Å². The molecule has 3 heterocycles. The minimum atomic E-state index is -0.298. The van der Waals surface area contributed by atoms with E-state index in [-0.39, 0.29) is 17.4 Å². The molecule has 2 atom stereocenters. The molecule has 1 aromatic heterocycles. The van der Waals surface area contributed by atoms with E-state index in [1.165, 1.54) is 23.3 Å². The van der Waals surface area contributed by atoms with Crippen LogP contribution in [-0.4, -0.2) is 57.5 Å². The lowest BCUT2D eigenvalue weighted by molar-refractivity contribution is -0.828. The zero-order valence-corrected chi connectivity index (χ0v) is 21.5. The first-order valence-electron chi connectivity index (χ1n) is 12.0. The summed E-state index contributed by atoms with van der Waals surface area (Å²) < 4.78 is 10.5. The van der Waals surface area contributed by atoms with Gasteiger partial charge < -0.3 is 14.4 Å². The maximum Gasteiger partial charge on any atom is 0.337 e. The maximum atomic E-state index is 12.1. The van der Waals surface area contributed by atoms with Gasteiger partial charge in [-0.1, -0.05) is 41.7 Å². The molecule has 2 aliphatic heterocycles. The molecule has 5 rings (SSSR count). The molecule has 2 aliphatic rings. The monoisotopic (exact) mass is 490 g/mol. The minimum absolute atomic E-state index is 0.148. The van der Waals surface area contributed by atoms with Crippen molar-refractivity contribution < 1.29 is 19.2 Å². The number of nitrogens with one attached hydrogen (secondary N) is 1. The van der Waals surface area contributed by atoms with Crippen molar-refractivity contribution in [2.45, 2.75) is 25.3 Å². The van der Waals surface area contributed by atoms with Crippen LogP contribution in [0.3, 0.4) is 0 Å². The largest absolute Gasteiger partial charge is 0.465 e. The number of likely N-dealkylation sites (N-methyl/N-ethyl adjacent to an activating group) is 1. The van der Waals surface area contributed by atoms with Crippen molar-refractivity contribution in [1.82, 2.24) is 4.98 Å². The Balaban J connectivity index is 1.50. The Hall–Kier alpha value is -3.00. The molecule has 182 valence electrons. The fraction of sp³-hybridized carbons (Fsp3) is 0.357. The number of fused-ring (bicyclic) bond motifs is 1. The molecule has 2 unspecified atom stereocenters. The van der Waals surface area contributed by atoms with Crippen molar-refractivity contribution >= 4 is 34.2 Å². The highest BCUT2D eigenvalue weighted by molar-refractivity contribution is 7.16. The Morgan fingerprint density at radius 2 is 1.94 bits per heavy atom. The third kappa shape index (κ3) is 4.40. The Bertz CT molecular complexity index is 1250. The molecule has 0 amide bonds. The zero-order valence-electron chi connectivity index (χ0n) is 20.7. The molecule has 0 bridgehead atoms. The van der Waals surface area contributed by atoms with Gasteiger partial charge in [0.05, 0.1) is 48.9 Å².